The van der Waals surface area contributed by atoms with Gasteiger partial charge in [0.2, 0.25) is 0 Å². The number of carbonyl (C=O) groups is 2. The molecule has 0 fully saturated rings. The number of ether oxygens (including phenoxy) is 2. The molecule has 116 valence electrons. The lowest BCUT2D eigenvalue weighted by Gasteiger charge is -2.25. The molecule has 0 saturated heterocycles. The molecule has 0 aromatic heterocycles. The Morgan fingerprint density at radius 2 is 1.82 bits per heavy atom. The number of allylic oxidation sites excluding steroid dienone is 2. The second-order valence-corrected chi connectivity index (χ2v) is 4.78. The first kappa shape index (κ1) is 15.8. The molecule has 0 radical (unpaired) electrons. The smallest absolute Gasteiger partial charge is 0.417 e. The first-order chi connectivity index (χ1) is 10.7. The summed E-state index contributed by atoms with van der Waals surface area (Å²) in [7, 11) is 1.37. The molecule has 1 aromatic carbocycles. The summed E-state index contributed by atoms with van der Waals surface area (Å²) in [5.74, 6) is -0.932. The summed E-state index contributed by atoms with van der Waals surface area (Å²) in [6.45, 7) is 2.07. The third kappa shape index (κ3) is 3.55. The van der Waals surface area contributed by atoms with E-state index in [9.17, 15) is 9.59 Å². The van der Waals surface area contributed by atoms with Gasteiger partial charge in [0.25, 0.3) is 0 Å². The summed E-state index contributed by atoms with van der Waals surface area (Å²) >= 11 is 0. The maximum atomic E-state index is 12.1. The standard InChI is InChI=1S/C17H19NO4/c1-3-22-17(20)18-11-9-14(10-12-18)15(16(19)21-2)13-7-5-4-6-8-13/h4-12,14-15H,3H2,1-2H3. The number of amides is 1. The average molecular weight is 301 g/mol. The van der Waals surface area contributed by atoms with Crippen molar-refractivity contribution in [3.63, 3.8) is 0 Å². The summed E-state index contributed by atoms with van der Waals surface area (Å²) in [5.41, 5.74) is 0.873. The molecule has 0 N–H and O–H groups in total. The summed E-state index contributed by atoms with van der Waals surface area (Å²) < 4.78 is 9.84. The summed E-state index contributed by atoms with van der Waals surface area (Å²) in [5, 5.41) is 0. The maximum Gasteiger partial charge on any atom is 0.417 e. The van der Waals surface area contributed by atoms with E-state index in [2.05, 4.69) is 0 Å². The fourth-order valence-corrected chi connectivity index (χ4v) is 2.34. The summed E-state index contributed by atoms with van der Waals surface area (Å²) in [6, 6.07) is 9.44. The van der Waals surface area contributed by atoms with Crippen LogP contribution in [0.4, 0.5) is 4.79 Å². The van der Waals surface area contributed by atoms with Crippen LogP contribution in [0.5, 0.6) is 0 Å². The molecule has 1 heterocycles. The van der Waals surface area contributed by atoms with E-state index >= 15 is 0 Å². The van der Waals surface area contributed by atoms with Crippen LogP contribution in [0, 0.1) is 5.92 Å². The molecule has 1 amide bonds. The number of hydrogen-bond acceptors (Lipinski definition) is 4. The highest BCUT2D eigenvalue weighted by atomic mass is 16.6. The van der Waals surface area contributed by atoms with Gasteiger partial charge in [-0.3, -0.25) is 9.69 Å². The highest BCUT2D eigenvalue weighted by molar-refractivity contribution is 5.79. The molecule has 1 aliphatic rings. The van der Waals surface area contributed by atoms with Crippen LogP contribution in [0.1, 0.15) is 18.4 Å². The zero-order chi connectivity index (χ0) is 15.9. The van der Waals surface area contributed by atoms with E-state index in [1.165, 1.54) is 12.0 Å². The van der Waals surface area contributed by atoms with Crippen LogP contribution in [0.15, 0.2) is 54.9 Å². The molecule has 1 aliphatic heterocycles. The van der Waals surface area contributed by atoms with Gasteiger partial charge < -0.3 is 9.47 Å². The highest BCUT2D eigenvalue weighted by Gasteiger charge is 2.29. The van der Waals surface area contributed by atoms with Gasteiger partial charge in [-0.15, -0.1) is 0 Å². The van der Waals surface area contributed by atoms with E-state index < -0.39 is 12.0 Å². The minimum Gasteiger partial charge on any atom is -0.469 e. The quantitative estimate of drug-likeness (QED) is 0.802. The number of hydrogen-bond donors (Lipinski definition) is 0. The van der Waals surface area contributed by atoms with Gasteiger partial charge in [0, 0.05) is 18.3 Å². The first-order valence-electron chi connectivity index (χ1n) is 7.12. The van der Waals surface area contributed by atoms with Gasteiger partial charge in [-0.2, -0.15) is 0 Å². The molecule has 1 atom stereocenters. The number of carbonyl (C=O) groups excluding carboxylic acids is 2. The molecule has 5 nitrogen and oxygen atoms in total. The molecular weight excluding hydrogens is 282 g/mol. The van der Waals surface area contributed by atoms with Crippen molar-refractivity contribution in [2.75, 3.05) is 13.7 Å². The van der Waals surface area contributed by atoms with E-state index in [0.717, 1.165) is 5.56 Å². The Morgan fingerprint density at radius 1 is 1.18 bits per heavy atom. The molecule has 5 heteroatoms. The van der Waals surface area contributed by atoms with Crippen LogP contribution in [0.2, 0.25) is 0 Å². The Labute approximate surface area is 129 Å². The van der Waals surface area contributed by atoms with Gasteiger partial charge in [-0.1, -0.05) is 42.5 Å². The second kappa shape index (κ2) is 7.45. The van der Waals surface area contributed by atoms with Crippen molar-refractivity contribution in [2.24, 2.45) is 5.92 Å². The lowest BCUT2D eigenvalue weighted by Crippen LogP contribution is -2.27. The molecular formula is C17H19NO4. The van der Waals surface area contributed by atoms with Crippen LogP contribution in [-0.2, 0) is 14.3 Å². The van der Waals surface area contributed by atoms with Gasteiger partial charge in [0.05, 0.1) is 19.6 Å². The average Bonchev–Trinajstić information content (AvgIpc) is 2.56. The highest BCUT2D eigenvalue weighted by Crippen LogP contribution is 2.30. The van der Waals surface area contributed by atoms with Gasteiger partial charge in [0.15, 0.2) is 0 Å². The summed E-state index contributed by atoms with van der Waals surface area (Å²) in [6.07, 6.45) is 6.38. The third-order valence-electron chi connectivity index (χ3n) is 3.42. The van der Waals surface area contributed by atoms with E-state index in [4.69, 9.17) is 9.47 Å². The van der Waals surface area contributed by atoms with Crippen molar-refractivity contribution in [2.45, 2.75) is 12.8 Å². The van der Waals surface area contributed by atoms with Gasteiger partial charge in [-0.25, -0.2) is 4.79 Å². The zero-order valence-corrected chi connectivity index (χ0v) is 12.6. The Bertz CT molecular complexity index is 566. The minimum atomic E-state index is -0.442. The van der Waals surface area contributed by atoms with E-state index in [0.29, 0.717) is 6.61 Å². The predicted octanol–water partition coefficient (Wildman–Crippen LogP) is 3.06. The maximum absolute atomic E-state index is 12.1. The van der Waals surface area contributed by atoms with Crippen molar-refractivity contribution in [1.29, 1.82) is 0 Å². The van der Waals surface area contributed by atoms with E-state index in [-0.39, 0.29) is 11.9 Å². The Kier molecular flexibility index (Phi) is 5.36. The van der Waals surface area contributed by atoms with Crippen molar-refractivity contribution >= 4 is 12.1 Å². The van der Waals surface area contributed by atoms with Gasteiger partial charge >= 0.3 is 12.1 Å². The van der Waals surface area contributed by atoms with Crippen LogP contribution >= 0.6 is 0 Å². The van der Waals surface area contributed by atoms with Crippen molar-refractivity contribution in [3.05, 3.63) is 60.4 Å². The van der Waals surface area contributed by atoms with E-state index in [1.54, 1.807) is 31.5 Å². The monoisotopic (exact) mass is 301 g/mol. The topological polar surface area (TPSA) is 55.8 Å². The number of benzene rings is 1. The number of rotatable bonds is 4. The second-order valence-electron chi connectivity index (χ2n) is 4.78. The minimum absolute atomic E-state index is 0.180. The molecule has 1 unspecified atom stereocenters. The zero-order valence-electron chi connectivity index (χ0n) is 12.6. The molecule has 1 aromatic rings. The van der Waals surface area contributed by atoms with Gasteiger partial charge in [0.1, 0.15) is 0 Å². The number of nitrogens with zero attached hydrogens (tertiary/aromatic N) is 1. The normalized spacial score (nSPS) is 15.5. The number of esters is 1. The predicted molar refractivity (Wildman–Crippen MR) is 81.8 cm³/mol. The Balaban J connectivity index is 2.18. The molecule has 2 rings (SSSR count). The Morgan fingerprint density at radius 3 is 2.36 bits per heavy atom. The molecule has 0 aliphatic carbocycles. The third-order valence-corrected chi connectivity index (χ3v) is 3.42. The lowest BCUT2D eigenvalue weighted by atomic mass is 9.85. The van der Waals surface area contributed by atoms with Crippen molar-refractivity contribution in [3.8, 4) is 0 Å². The Hall–Kier alpha value is -2.56. The van der Waals surface area contributed by atoms with Crippen molar-refractivity contribution < 1.29 is 19.1 Å². The molecule has 0 saturated carbocycles. The SMILES string of the molecule is CCOC(=O)N1C=CC(C(C(=O)OC)c2ccccc2)C=C1. The first-order valence-corrected chi connectivity index (χ1v) is 7.12. The lowest BCUT2D eigenvalue weighted by molar-refractivity contribution is -0.143. The van der Waals surface area contributed by atoms with Gasteiger partial charge in [-0.05, 0) is 12.5 Å². The van der Waals surface area contributed by atoms with E-state index in [1.807, 2.05) is 30.3 Å². The largest absolute Gasteiger partial charge is 0.469 e. The fourth-order valence-electron chi connectivity index (χ4n) is 2.34. The van der Waals surface area contributed by atoms with Crippen LogP contribution < -0.4 is 0 Å². The van der Waals surface area contributed by atoms with Crippen molar-refractivity contribution in [1.82, 2.24) is 4.90 Å². The summed E-state index contributed by atoms with van der Waals surface area (Å²) in [4.78, 5) is 25.1. The molecule has 0 bridgehead atoms. The fraction of sp³-hybridized carbons (Fsp3) is 0.294. The van der Waals surface area contributed by atoms with Crippen LogP contribution in [0.25, 0.3) is 0 Å². The van der Waals surface area contributed by atoms with Crippen LogP contribution in [-0.4, -0.2) is 30.7 Å². The van der Waals surface area contributed by atoms with Crippen LogP contribution in [0.3, 0.4) is 0 Å². The molecule has 0 spiro atoms. The number of methoxy groups -OCH3 is 1. The molecule has 22 heavy (non-hydrogen) atoms.